The summed E-state index contributed by atoms with van der Waals surface area (Å²) in [6, 6.07) is 20.0. The van der Waals surface area contributed by atoms with E-state index >= 15 is 0 Å². The Balaban J connectivity index is 1.55. The minimum absolute atomic E-state index is 0.0298. The van der Waals surface area contributed by atoms with Crippen LogP contribution in [0.3, 0.4) is 0 Å². The third-order valence-corrected chi connectivity index (χ3v) is 4.91. The molecule has 0 aliphatic rings. The van der Waals surface area contributed by atoms with E-state index in [9.17, 15) is 14.4 Å². The number of benzene rings is 3. The maximum Gasteiger partial charge on any atom is 0.337 e. The first-order valence-electron chi connectivity index (χ1n) is 10.1. The predicted molar refractivity (Wildman–Crippen MR) is 121 cm³/mol. The minimum Gasteiger partial charge on any atom is -0.465 e. The van der Waals surface area contributed by atoms with Crippen molar-refractivity contribution in [3.05, 3.63) is 99.9 Å². The summed E-state index contributed by atoms with van der Waals surface area (Å²) in [5.41, 5.74) is 1.11. The van der Waals surface area contributed by atoms with Gasteiger partial charge in [0.1, 0.15) is 22.8 Å². The molecular formula is C26H20O7. The Bertz CT molecular complexity index is 1370. The van der Waals surface area contributed by atoms with Crippen LogP contribution in [0, 0.1) is 6.92 Å². The fraction of sp³-hybridized carbons (Fsp3) is 0.115. The topological polar surface area (TPSA) is 92.0 Å². The van der Waals surface area contributed by atoms with Gasteiger partial charge in [-0.25, -0.2) is 4.79 Å². The molecule has 0 N–H and O–H groups in total. The van der Waals surface area contributed by atoms with Gasteiger partial charge in [0.05, 0.1) is 24.5 Å². The van der Waals surface area contributed by atoms with E-state index in [4.69, 9.17) is 13.9 Å². The highest BCUT2D eigenvalue weighted by atomic mass is 16.5. The van der Waals surface area contributed by atoms with E-state index in [2.05, 4.69) is 4.74 Å². The van der Waals surface area contributed by atoms with E-state index in [1.807, 2.05) is 30.3 Å². The van der Waals surface area contributed by atoms with Crippen LogP contribution in [0.2, 0.25) is 0 Å². The van der Waals surface area contributed by atoms with Gasteiger partial charge >= 0.3 is 11.9 Å². The molecule has 4 aromatic rings. The highest BCUT2D eigenvalue weighted by molar-refractivity contribution is 5.89. The zero-order chi connectivity index (χ0) is 23.4. The maximum absolute atomic E-state index is 13.0. The third-order valence-electron chi connectivity index (χ3n) is 4.91. The number of methoxy groups -OCH3 is 1. The molecule has 0 aliphatic carbocycles. The van der Waals surface area contributed by atoms with Crippen LogP contribution in [-0.4, -0.2) is 19.0 Å². The van der Waals surface area contributed by atoms with Crippen molar-refractivity contribution in [2.75, 3.05) is 7.11 Å². The van der Waals surface area contributed by atoms with E-state index in [0.29, 0.717) is 11.3 Å². The lowest BCUT2D eigenvalue weighted by Gasteiger charge is -2.10. The zero-order valence-corrected chi connectivity index (χ0v) is 18.0. The lowest BCUT2D eigenvalue weighted by Crippen LogP contribution is -2.12. The number of hydrogen-bond acceptors (Lipinski definition) is 7. The SMILES string of the molecule is COC(=O)c1ccc(Oc2c(C)oc3cc(OC(=O)Cc4ccccc4)ccc3c2=O)cc1. The first-order chi connectivity index (χ1) is 15.9. The summed E-state index contributed by atoms with van der Waals surface area (Å²) in [5.74, 6) is 0.0413. The molecule has 0 aliphatic heterocycles. The van der Waals surface area contributed by atoms with Gasteiger partial charge in [-0.3, -0.25) is 9.59 Å². The lowest BCUT2D eigenvalue weighted by molar-refractivity contribution is -0.133. The van der Waals surface area contributed by atoms with Crippen LogP contribution < -0.4 is 14.9 Å². The van der Waals surface area contributed by atoms with Gasteiger partial charge in [0.25, 0.3) is 0 Å². The molecule has 0 unspecified atom stereocenters. The van der Waals surface area contributed by atoms with E-state index < -0.39 is 11.9 Å². The summed E-state index contributed by atoms with van der Waals surface area (Å²) < 4.78 is 21.6. The highest BCUT2D eigenvalue weighted by Crippen LogP contribution is 2.27. The summed E-state index contributed by atoms with van der Waals surface area (Å²) in [4.78, 5) is 36.8. The van der Waals surface area contributed by atoms with Crippen LogP contribution in [0.1, 0.15) is 21.7 Å². The minimum atomic E-state index is -0.469. The first kappa shape index (κ1) is 21.8. The normalized spacial score (nSPS) is 10.6. The number of carbonyl (C=O) groups excluding carboxylic acids is 2. The van der Waals surface area contributed by atoms with E-state index in [1.165, 1.54) is 37.4 Å². The Morgan fingerprint density at radius 3 is 2.30 bits per heavy atom. The van der Waals surface area contributed by atoms with Gasteiger partial charge in [-0.2, -0.15) is 0 Å². The van der Waals surface area contributed by atoms with E-state index in [1.54, 1.807) is 19.1 Å². The monoisotopic (exact) mass is 444 g/mol. The van der Waals surface area contributed by atoms with Crippen LogP contribution in [0.25, 0.3) is 11.0 Å². The van der Waals surface area contributed by atoms with Gasteiger partial charge in [-0.15, -0.1) is 0 Å². The third kappa shape index (κ3) is 4.93. The smallest absolute Gasteiger partial charge is 0.337 e. The highest BCUT2D eigenvalue weighted by Gasteiger charge is 2.16. The molecule has 166 valence electrons. The summed E-state index contributed by atoms with van der Waals surface area (Å²) in [7, 11) is 1.30. The average Bonchev–Trinajstić information content (AvgIpc) is 2.82. The van der Waals surface area contributed by atoms with Crippen molar-refractivity contribution in [2.24, 2.45) is 0 Å². The first-order valence-corrected chi connectivity index (χ1v) is 10.1. The Morgan fingerprint density at radius 2 is 1.61 bits per heavy atom. The van der Waals surface area contributed by atoms with Crippen LogP contribution in [0.15, 0.2) is 82.0 Å². The van der Waals surface area contributed by atoms with Crippen molar-refractivity contribution < 1.29 is 28.2 Å². The standard InChI is InChI=1S/C26H20O7/c1-16-25(33-19-10-8-18(9-11-19)26(29)30-2)24(28)21-13-12-20(15-22(21)31-16)32-23(27)14-17-6-4-3-5-7-17/h3-13,15H,14H2,1-2H3. The second-order valence-electron chi connectivity index (χ2n) is 7.23. The second kappa shape index (κ2) is 9.40. The number of rotatable bonds is 6. The molecule has 3 aromatic carbocycles. The Morgan fingerprint density at radius 1 is 0.909 bits per heavy atom. The molecule has 0 saturated carbocycles. The van der Waals surface area contributed by atoms with Crippen molar-refractivity contribution in [2.45, 2.75) is 13.3 Å². The molecule has 0 amide bonds. The van der Waals surface area contributed by atoms with Crippen LogP contribution in [0.5, 0.6) is 17.2 Å². The Kier molecular flexibility index (Phi) is 6.22. The van der Waals surface area contributed by atoms with Crippen molar-refractivity contribution in [1.29, 1.82) is 0 Å². The van der Waals surface area contributed by atoms with Crippen molar-refractivity contribution >= 4 is 22.9 Å². The molecule has 1 heterocycles. The van der Waals surface area contributed by atoms with Crippen LogP contribution in [0.4, 0.5) is 0 Å². The number of ether oxygens (including phenoxy) is 3. The molecule has 4 rings (SSSR count). The maximum atomic E-state index is 13.0. The van der Waals surface area contributed by atoms with Crippen LogP contribution >= 0.6 is 0 Å². The molecule has 7 nitrogen and oxygen atoms in total. The average molecular weight is 444 g/mol. The van der Waals surface area contributed by atoms with Gasteiger partial charge < -0.3 is 18.6 Å². The molecule has 7 heteroatoms. The molecule has 1 aromatic heterocycles. The molecule has 0 spiro atoms. The number of carbonyl (C=O) groups is 2. The zero-order valence-electron chi connectivity index (χ0n) is 18.0. The van der Waals surface area contributed by atoms with E-state index in [-0.39, 0.29) is 40.1 Å². The molecule has 33 heavy (non-hydrogen) atoms. The van der Waals surface area contributed by atoms with Crippen LogP contribution in [-0.2, 0) is 16.0 Å². The number of fused-ring (bicyclic) bond motifs is 1. The van der Waals surface area contributed by atoms with Gasteiger partial charge in [0.2, 0.25) is 11.2 Å². The molecule has 0 radical (unpaired) electrons. The van der Waals surface area contributed by atoms with Gasteiger partial charge in [-0.1, -0.05) is 30.3 Å². The molecular weight excluding hydrogens is 424 g/mol. The fourth-order valence-corrected chi connectivity index (χ4v) is 3.27. The lowest BCUT2D eigenvalue weighted by atomic mass is 10.1. The Hall–Kier alpha value is -4.39. The quantitative estimate of drug-likeness (QED) is 0.311. The van der Waals surface area contributed by atoms with Gasteiger partial charge in [0.15, 0.2) is 0 Å². The summed E-state index contributed by atoms with van der Waals surface area (Å²) in [5, 5.41) is 0.282. The van der Waals surface area contributed by atoms with Crippen molar-refractivity contribution in [1.82, 2.24) is 0 Å². The van der Waals surface area contributed by atoms with Crippen molar-refractivity contribution in [3.8, 4) is 17.2 Å². The fourth-order valence-electron chi connectivity index (χ4n) is 3.27. The van der Waals surface area contributed by atoms with Gasteiger partial charge in [0, 0.05) is 6.07 Å². The second-order valence-corrected chi connectivity index (χ2v) is 7.23. The molecule has 0 fully saturated rings. The predicted octanol–water partition coefficient (Wildman–Crippen LogP) is 4.83. The summed E-state index contributed by atoms with van der Waals surface area (Å²) in [6.45, 7) is 1.60. The molecule has 0 saturated heterocycles. The summed E-state index contributed by atoms with van der Waals surface area (Å²) >= 11 is 0. The number of esters is 2. The largest absolute Gasteiger partial charge is 0.465 e. The Labute approximate surface area is 189 Å². The number of aryl methyl sites for hydroxylation is 1. The van der Waals surface area contributed by atoms with E-state index in [0.717, 1.165) is 5.56 Å². The molecule has 0 atom stereocenters. The summed E-state index contributed by atoms with van der Waals surface area (Å²) in [6.07, 6.45) is 0.128. The molecule has 0 bridgehead atoms. The number of hydrogen-bond donors (Lipinski definition) is 0. The van der Waals surface area contributed by atoms with Crippen molar-refractivity contribution in [3.63, 3.8) is 0 Å². The van der Waals surface area contributed by atoms with Gasteiger partial charge in [-0.05, 0) is 48.9 Å².